The molecule has 5 heteroatoms. The molecule has 1 aliphatic heterocycles. The van der Waals surface area contributed by atoms with Crippen LogP contribution in [0.15, 0.2) is 42.5 Å². The van der Waals surface area contributed by atoms with E-state index >= 15 is 0 Å². The first-order chi connectivity index (χ1) is 11.2. The van der Waals surface area contributed by atoms with E-state index in [2.05, 4.69) is 0 Å². The predicted octanol–water partition coefficient (Wildman–Crippen LogP) is 3.33. The summed E-state index contributed by atoms with van der Waals surface area (Å²) in [7, 11) is 3.09. The van der Waals surface area contributed by atoms with Crippen LogP contribution in [0.3, 0.4) is 0 Å². The number of rotatable bonds is 5. The lowest BCUT2D eigenvalue weighted by molar-refractivity contribution is 0.104. The minimum Gasteiger partial charge on any atom is -0.497 e. The molecular weight excluding hydrogens is 296 g/mol. The number of fused-ring (bicyclic) bond motifs is 1. The van der Waals surface area contributed by atoms with Gasteiger partial charge in [-0.25, -0.2) is 0 Å². The van der Waals surface area contributed by atoms with E-state index < -0.39 is 0 Å². The molecule has 118 valence electrons. The highest BCUT2D eigenvalue weighted by Gasteiger charge is 2.12. The van der Waals surface area contributed by atoms with Gasteiger partial charge in [0.1, 0.15) is 11.5 Å². The Kier molecular flexibility index (Phi) is 4.19. The van der Waals surface area contributed by atoms with Crippen molar-refractivity contribution in [3.8, 4) is 23.0 Å². The maximum Gasteiger partial charge on any atom is 0.231 e. The van der Waals surface area contributed by atoms with Crippen molar-refractivity contribution in [2.24, 2.45) is 0 Å². The molecule has 23 heavy (non-hydrogen) atoms. The molecular formula is C18H16O5. The van der Waals surface area contributed by atoms with Crippen molar-refractivity contribution < 1.29 is 23.7 Å². The summed E-state index contributed by atoms with van der Waals surface area (Å²) in [4.78, 5) is 12.3. The van der Waals surface area contributed by atoms with Gasteiger partial charge in [0, 0.05) is 11.6 Å². The van der Waals surface area contributed by atoms with Crippen LogP contribution in [0.5, 0.6) is 23.0 Å². The monoisotopic (exact) mass is 312 g/mol. The third-order valence-corrected chi connectivity index (χ3v) is 3.46. The minimum atomic E-state index is -0.139. The van der Waals surface area contributed by atoms with Crippen molar-refractivity contribution >= 4 is 11.9 Å². The molecule has 0 aromatic heterocycles. The van der Waals surface area contributed by atoms with Crippen LogP contribution in [0.25, 0.3) is 6.08 Å². The topological polar surface area (TPSA) is 54.0 Å². The van der Waals surface area contributed by atoms with Crippen LogP contribution < -0.4 is 18.9 Å². The average Bonchev–Trinajstić information content (AvgIpc) is 3.06. The van der Waals surface area contributed by atoms with Crippen molar-refractivity contribution in [1.29, 1.82) is 0 Å². The molecule has 0 saturated carbocycles. The van der Waals surface area contributed by atoms with Gasteiger partial charge in [-0.2, -0.15) is 0 Å². The van der Waals surface area contributed by atoms with Crippen molar-refractivity contribution in [3.63, 3.8) is 0 Å². The Bertz CT molecular complexity index is 742. The summed E-state index contributed by atoms with van der Waals surface area (Å²) in [5, 5.41) is 0. The van der Waals surface area contributed by atoms with Crippen molar-refractivity contribution in [2.45, 2.75) is 0 Å². The first-order valence-corrected chi connectivity index (χ1v) is 7.05. The van der Waals surface area contributed by atoms with Crippen LogP contribution in [0.4, 0.5) is 0 Å². The number of methoxy groups -OCH3 is 2. The van der Waals surface area contributed by atoms with Crippen LogP contribution in [0.2, 0.25) is 0 Å². The summed E-state index contributed by atoms with van der Waals surface area (Å²) in [6.45, 7) is 0.227. The Morgan fingerprint density at radius 3 is 2.39 bits per heavy atom. The van der Waals surface area contributed by atoms with Crippen LogP contribution in [-0.4, -0.2) is 26.8 Å². The number of allylic oxidation sites excluding steroid dienone is 1. The van der Waals surface area contributed by atoms with Crippen LogP contribution >= 0.6 is 0 Å². The van der Waals surface area contributed by atoms with E-state index in [0.29, 0.717) is 28.6 Å². The summed E-state index contributed by atoms with van der Waals surface area (Å²) in [5.74, 6) is 2.40. The minimum absolute atomic E-state index is 0.139. The first-order valence-electron chi connectivity index (χ1n) is 7.05. The van der Waals surface area contributed by atoms with E-state index in [1.807, 2.05) is 18.2 Å². The molecule has 5 nitrogen and oxygen atoms in total. The predicted molar refractivity (Wildman–Crippen MR) is 85.5 cm³/mol. The number of ketones is 1. The smallest absolute Gasteiger partial charge is 0.231 e. The van der Waals surface area contributed by atoms with Gasteiger partial charge < -0.3 is 18.9 Å². The summed E-state index contributed by atoms with van der Waals surface area (Å²) in [5.41, 5.74) is 1.36. The zero-order valence-electron chi connectivity index (χ0n) is 12.9. The molecule has 1 heterocycles. The van der Waals surface area contributed by atoms with Crippen molar-refractivity contribution in [1.82, 2.24) is 0 Å². The van der Waals surface area contributed by atoms with Gasteiger partial charge in [0.25, 0.3) is 0 Å². The molecule has 0 radical (unpaired) electrons. The summed E-state index contributed by atoms with van der Waals surface area (Å²) < 4.78 is 20.9. The van der Waals surface area contributed by atoms with E-state index in [-0.39, 0.29) is 12.6 Å². The molecule has 3 rings (SSSR count). The number of carbonyl (C=O) groups excluding carboxylic acids is 1. The average molecular weight is 312 g/mol. The molecule has 0 N–H and O–H groups in total. The highest BCUT2D eigenvalue weighted by Crippen LogP contribution is 2.32. The Morgan fingerprint density at radius 2 is 1.70 bits per heavy atom. The summed E-state index contributed by atoms with van der Waals surface area (Å²) in [6, 6.07) is 10.6. The molecule has 1 aliphatic rings. The van der Waals surface area contributed by atoms with Gasteiger partial charge in [-0.05, 0) is 35.9 Å². The normalized spacial score (nSPS) is 12.4. The molecule has 0 unspecified atom stereocenters. The second-order valence-electron chi connectivity index (χ2n) is 4.91. The maximum absolute atomic E-state index is 12.3. The SMILES string of the molecule is COc1cc(OC)cc(C(=O)/C=C/c2ccc3c(c2)OCO3)c1. The lowest BCUT2D eigenvalue weighted by Crippen LogP contribution is -1.97. The summed E-state index contributed by atoms with van der Waals surface area (Å²) >= 11 is 0. The molecule has 2 aromatic rings. The van der Waals surface area contributed by atoms with Gasteiger partial charge in [-0.15, -0.1) is 0 Å². The lowest BCUT2D eigenvalue weighted by Gasteiger charge is -2.06. The van der Waals surface area contributed by atoms with Crippen LogP contribution in [0.1, 0.15) is 15.9 Å². The van der Waals surface area contributed by atoms with Gasteiger partial charge in [0.2, 0.25) is 6.79 Å². The fraction of sp³-hybridized carbons (Fsp3) is 0.167. The molecule has 0 spiro atoms. The number of hydrogen-bond acceptors (Lipinski definition) is 5. The largest absolute Gasteiger partial charge is 0.497 e. The number of hydrogen-bond donors (Lipinski definition) is 0. The first kappa shape index (κ1) is 15.0. The zero-order chi connectivity index (χ0) is 16.2. The van der Waals surface area contributed by atoms with Gasteiger partial charge in [-0.3, -0.25) is 4.79 Å². The van der Waals surface area contributed by atoms with Crippen LogP contribution in [0, 0.1) is 0 Å². The van der Waals surface area contributed by atoms with Gasteiger partial charge in [0.15, 0.2) is 17.3 Å². The van der Waals surface area contributed by atoms with Gasteiger partial charge in [0.05, 0.1) is 14.2 Å². The fourth-order valence-corrected chi connectivity index (χ4v) is 2.23. The second kappa shape index (κ2) is 6.44. The molecule has 0 amide bonds. The molecule has 0 atom stereocenters. The standard InChI is InChI=1S/C18H16O5/c1-20-14-8-13(9-15(10-14)21-2)16(19)5-3-12-4-6-17-18(7-12)23-11-22-17/h3-10H,11H2,1-2H3/b5-3+. The van der Waals surface area contributed by atoms with Crippen LogP contribution in [-0.2, 0) is 0 Å². The van der Waals surface area contributed by atoms with Gasteiger partial charge in [-0.1, -0.05) is 12.1 Å². The third kappa shape index (κ3) is 3.29. The van der Waals surface area contributed by atoms with E-state index in [1.54, 1.807) is 38.5 Å². The Labute approximate surface area is 134 Å². The highest BCUT2D eigenvalue weighted by molar-refractivity contribution is 6.07. The van der Waals surface area contributed by atoms with Gasteiger partial charge >= 0.3 is 0 Å². The molecule has 0 saturated heterocycles. The quantitative estimate of drug-likeness (QED) is 0.626. The number of benzene rings is 2. The molecule has 2 aromatic carbocycles. The third-order valence-electron chi connectivity index (χ3n) is 3.46. The van der Waals surface area contributed by atoms with E-state index in [0.717, 1.165) is 5.56 Å². The van der Waals surface area contributed by atoms with E-state index in [4.69, 9.17) is 18.9 Å². The highest BCUT2D eigenvalue weighted by atomic mass is 16.7. The van der Waals surface area contributed by atoms with E-state index in [9.17, 15) is 4.79 Å². The molecule has 0 bridgehead atoms. The van der Waals surface area contributed by atoms with E-state index in [1.165, 1.54) is 6.08 Å². The molecule has 0 aliphatic carbocycles. The maximum atomic E-state index is 12.3. The summed E-state index contributed by atoms with van der Waals surface area (Å²) in [6.07, 6.45) is 3.24. The Morgan fingerprint density at radius 1 is 1.00 bits per heavy atom. The fourth-order valence-electron chi connectivity index (χ4n) is 2.23. The van der Waals surface area contributed by atoms with Crippen molar-refractivity contribution in [2.75, 3.05) is 21.0 Å². The second-order valence-corrected chi connectivity index (χ2v) is 4.91. The lowest BCUT2D eigenvalue weighted by atomic mass is 10.1. The number of carbonyl (C=O) groups is 1. The van der Waals surface area contributed by atoms with Crippen molar-refractivity contribution in [3.05, 3.63) is 53.6 Å². The Balaban J connectivity index is 1.81. The number of ether oxygens (including phenoxy) is 4. The molecule has 0 fully saturated rings. The Hall–Kier alpha value is -2.95. The zero-order valence-corrected chi connectivity index (χ0v) is 12.9.